The molecule has 150 valence electrons. The SMILES string of the molecule is Cc1ccccc1NC(=O)COC(=O)c1cc(-c2cccs2)nn1-c1ccccc1. The number of amides is 1. The van der Waals surface area contributed by atoms with Gasteiger partial charge in [0.1, 0.15) is 5.69 Å². The lowest BCUT2D eigenvalue weighted by molar-refractivity contribution is -0.119. The van der Waals surface area contributed by atoms with E-state index in [0.29, 0.717) is 11.4 Å². The van der Waals surface area contributed by atoms with Crippen LogP contribution >= 0.6 is 11.3 Å². The minimum absolute atomic E-state index is 0.258. The van der Waals surface area contributed by atoms with E-state index in [4.69, 9.17) is 4.74 Å². The molecule has 0 saturated carbocycles. The summed E-state index contributed by atoms with van der Waals surface area (Å²) in [5.74, 6) is -1.02. The largest absolute Gasteiger partial charge is 0.451 e. The first kappa shape index (κ1) is 19.6. The Hall–Kier alpha value is -3.71. The van der Waals surface area contributed by atoms with Crippen molar-refractivity contribution in [2.24, 2.45) is 0 Å². The number of anilines is 1. The molecular formula is C23H19N3O3S. The van der Waals surface area contributed by atoms with Gasteiger partial charge in [0.25, 0.3) is 5.91 Å². The van der Waals surface area contributed by atoms with E-state index >= 15 is 0 Å². The van der Waals surface area contributed by atoms with E-state index in [1.54, 1.807) is 12.1 Å². The molecule has 0 bridgehead atoms. The molecule has 7 heteroatoms. The van der Waals surface area contributed by atoms with Crippen molar-refractivity contribution in [1.29, 1.82) is 0 Å². The highest BCUT2D eigenvalue weighted by atomic mass is 32.1. The number of carbonyl (C=O) groups is 2. The lowest BCUT2D eigenvalue weighted by atomic mass is 10.2. The number of thiophene rings is 1. The fourth-order valence-corrected chi connectivity index (χ4v) is 3.62. The summed E-state index contributed by atoms with van der Waals surface area (Å²) in [5, 5.41) is 9.28. The summed E-state index contributed by atoms with van der Waals surface area (Å²) in [6, 6.07) is 22.3. The molecule has 4 aromatic rings. The lowest BCUT2D eigenvalue weighted by Gasteiger charge is -2.09. The van der Waals surface area contributed by atoms with Crippen LogP contribution < -0.4 is 5.32 Å². The first-order chi connectivity index (χ1) is 14.6. The zero-order chi connectivity index (χ0) is 20.9. The second kappa shape index (κ2) is 8.75. The van der Waals surface area contributed by atoms with Gasteiger partial charge in [-0.3, -0.25) is 4.79 Å². The van der Waals surface area contributed by atoms with Gasteiger partial charge in [-0.05, 0) is 42.1 Å². The van der Waals surface area contributed by atoms with Gasteiger partial charge in [0, 0.05) is 11.8 Å². The minimum atomic E-state index is -0.617. The summed E-state index contributed by atoms with van der Waals surface area (Å²) in [7, 11) is 0. The molecule has 30 heavy (non-hydrogen) atoms. The second-order valence-electron chi connectivity index (χ2n) is 6.58. The van der Waals surface area contributed by atoms with Gasteiger partial charge in [0.05, 0.1) is 10.6 Å². The third-order valence-electron chi connectivity index (χ3n) is 4.45. The zero-order valence-electron chi connectivity index (χ0n) is 16.2. The summed E-state index contributed by atoms with van der Waals surface area (Å²) >= 11 is 1.53. The van der Waals surface area contributed by atoms with Crippen LogP contribution in [0.2, 0.25) is 0 Å². The molecule has 6 nitrogen and oxygen atoms in total. The van der Waals surface area contributed by atoms with Gasteiger partial charge in [-0.1, -0.05) is 42.5 Å². The van der Waals surface area contributed by atoms with Gasteiger partial charge in [-0.25, -0.2) is 9.48 Å². The van der Waals surface area contributed by atoms with Gasteiger partial charge >= 0.3 is 5.97 Å². The van der Waals surface area contributed by atoms with Crippen LogP contribution in [0.5, 0.6) is 0 Å². The van der Waals surface area contributed by atoms with E-state index < -0.39 is 11.9 Å². The summed E-state index contributed by atoms with van der Waals surface area (Å²) in [5.41, 5.74) is 3.28. The number of benzene rings is 2. The average Bonchev–Trinajstić information content (AvgIpc) is 3.44. The highest BCUT2D eigenvalue weighted by Gasteiger charge is 2.20. The monoisotopic (exact) mass is 417 g/mol. The highest BCUT2D eigenvalue weighted by Crippen LogP contribution is 2.26. The maximum Gasteiger partial charge on any atom is 0.357 e. The number of aryl methyl sites for hydroxylation is 1. The first-order valence-electron chi connectivity index (χ1n) is 9.34. The number of hydrogen-bond acceptors (Lipinski definition) is 5. The molecule has 0 unspecified atom stereocenters. The third-order valence-corrected chi connectivity index (χ3v) is 5.34. The highest BCUT2D eigenvalue weighted by molar-refractivity contribution is 7.13. The molecule has 4 rings (SSSR count). The predicted octanol–water partition coefficient (Wildman–Crippen LogP) is 4.70. The molecular weight excluding hydrogens is 398 g/mol. The van der Waals surface area contributed by atoms with Crippen molar-refractivity contribution < 1.29 is 14.3 Å². The van der Waals surface area contributed by atoms with Crippen molar-refractivity contribution in [2.75, 3.05) is 11.9 Å². The lowest BCUT2D eigenvalue weighted by Crippen LogP contribution is -2.22. The quantitative estimate of drug-likeness (QED) is 0.461. The standard InChI is InChI=1S/C23H19N3O3S/c1-16-8-5-6-11-18(16)24-22(27)15-29-23(28)20-14-19(21-12-7-13-30-21)25-26(20)17-9-3-2-4-10-17/h2-14H,15H2,1H3,(H,24,27). The Kier molecular flexibility index (Phi) is 5.72. The van der Waals surface area contributed by atoms with Gasteiger partial charge in [-0.15, -0.1) is 11.3 Å². The van der Waals surface area contributed by atoms with Crippen molar-refractivity contribution in [3.8, 4) is 16.3 Å². The first-order valence-corrected chi connectivity index (χ1v) is 10.2. The van der Waals surface area contributed by atoms with Gasteiger partial charge in [0.15, 0.2) is 12.3 Å². The molecule has 0 spiro atoms. The third kappa shape index (κ3) is 4.31. The van der Waals surface area contributed by atoms with Crippen molar-refractivity contribution in [3.63, 3.8) is 0 Å². The smallest absolute Gasteiger partial charge is 0.357 e. The number of rotatable bonds is 6. The van der Waals surface area contributed by atoms with Crippen molar-refractivity contribution in [3.05, 3.63) is 89.4 Å². The van der Waals surface area contributed by atoms with Crippen LogP contribution in [0, 0.1) is 6.92 Å². The van der Waals surface area contributed by atoms with Crippen molar-refractivity contribution in [2.45, 2.75) is 6.92 Å². The maximum absolute atomic E-state index is 12.8. The Bertz CT molecular complexity index is 1170. The topological polar surface area (TPSA) is 73.2 Å². The number of esters is 1. The number of nitrogens with zero attached hydrogens (tertiary/aromatic N) is 2. The number of para-hydroxylation sites is 2. The normalized spacial score (nSPS) is 10.6. The Morgan fingerprint density at radius 3 is 2.53 bits per heavy atom. The van der Waals surface area contributed by atoms with E-state index in [1.165, 1.54) is 16.0 Å². The molecule has 0 radical (unpaired) electrons. The van der Waals surface area contributed by atoms with E-state index in [1.807, 2.05) is 73.0 Å². The van der Waals surface area contributed by atoms with Gasteiger partial charge in [0.2, 0.25) is 0 Å². The minimum Gasteiger partial charge on any atom is -0.451 e. The number of hydrogen-bond donors (Lipinski definition) is 1. The van der Waals surface area contributed by atoms with Crippen LogP contribution in [0.15, 0.2) is 78.2 Å². The number of ether oxygens (including phenoxy) is 1. The number of aromatic nitrogens is 2. The van der Waals surface area contributed by atoms with Crippen molar-refractivity contribution >= 4 is 28.9 Å². The molecule has 0 saturated heterocycles. The van der Waals surface area contributed by atoms with E-state index in [9.17, 15) is 9.59 Å². The molecule has 0 aliphatic heterocycles. The number of nitrogens with one attached hydrogen (secondary N) is 1. The van der Waals surface area contributed by atoms with Gasteiger partial charge in [-0.2, -0.15) is 5.10 Å². The van der Waals surface area contributed by atoms with E-state index in [0.717, 1.165) is 16.1 Å². The van der Waals surface area contributed by atoms with Crippen LogP contribution in [0.3, 0.4) is 0 Å². The van der Waals surface area contributed by atoms with Gasteiger partial charge < -0.3 is 10.1 Å². The van der Waals surface area contributed by atoms with Crippen LogP contribution in [0.25, 0.3) is 16.3 Å². The molecule has 0 atom stereocenters. The molecule has 0 fully saturated rings. The summed E-state index contributed by atoms with van der Waals surface area (Å²) < 4.78 is 6.82. The zero-order valence-corrected chi connectivity index (χ0v) is 17.1. The Morgan fingerprint density at radius 2 is 1.80 bits per heavy atom. The molecule has 1 amide bonds. The molecule has 2 heterocycles. The van der Waals surface area contributed by atoms with Crippen LogP contribution in [-0.4, -0.2) is 28.3 Å². The fourth-order valence-electron chi connectivity index (χ4n) is 2.94. The molecule has 0 aliphatic carbocycles. The average molecular weight is 417 g/mol. The fraction of sp³-hybridized carbons (Fsp3) is 0.0870. The Labute approximate surface area is 177 Å². The molecule has 0 aliphatic rings. The van der Waals surface area contributed by atoms with E-state index in [2.05, 4.69) is 10.4 Å². The maximum atomic E-state index is 12.8. The molecule has 2 aromatic heterocycles. The second-order valence-corrected chi connectivity index (χ2v) is 7.53. The Balaban J connectivity index is 1.53. The number of carbonyl (C=O) groups excluding carboxylic acids is 2. The van der Waals surface area contributed by atoms with Crippen LogP contribution in [0.4, 0.5) is 5.69 Å². The van der Waals surface area contributed by atoms with Crippen molar-refractivity contribution in [1.82, 2.24) is 9.78 Å². The van der Waals surface area contributed by atoms with Crippen LogP contribution in [-0.2, 0) is 9.53 Å². The van der Waals surface area contributed by atoms with Crippen LogP contribution in [0.1, 0.15) is 16.1 Å². The Morgan fingerprint density at radius 1 is 1.03 bits per heavy atom. The van der Waals surface area contributed by atoms with E-state index in [-0.39, 0.29) is 12.3 Å². The molecule has 2 aromatic carbocycles. The molecule has 1 N–H and O–H groups in total. The summed E-state index contributed by atoms with van der Waals surface area (Å²) in [6.07, 6.45) is 0. The summed E-state index contributed by atoms with van der Waals surface area (Å²) in [6.45, 7) is 1.51. The predicted molar refractivity (Wildman–Crippen MR) is 117 cm³/mol. The summed E-state index contributed by atoms with van der Waals surface area (Å²) in [4.78, 5) is 26.0.